The highest BCUT2D eigenvalue weighted by Gasteiger charge is 2.19. The normalized spacial score (nSPS) is 20.2. The van der Waals surface area contributed by atoms with E-state index in [1.165, 1.54) is 5.56 Å². The number of morpholine rings is 1. The molecule has 0 saturated carbocycles. The largest absolute Gasteiger partial charge is 0.375 e. The van der Waals surface area contributed by atoms with Crippen LogP contribution in [-0.2, 0) is 11.3 Å². The minimum atomic E-state index is 0.136. The predicted octanol–water partition coefficient (Wildman–Crippen LogP) is 2.58. The Hall–Kier alpha value is -1.13. The van der Waals surface area contributed by atoms with Gasteiger partial charge in [-0.15, -0.1) is 0 Å². The van der Waals surface area contributed by atoms with E-state index in [2.05, 4.69) is 55.0 Å². The molecular formula is C16H27N3O. The summed E-state index contributed by atoms with van der Waals surface area (Å²) in [6, 6.07) is 4.29. The van der Waals surface area contributed by atoms with Crippen molar-refractivity contribution in [1.29, 1.82) is 0 Å². The highest BCUT2D eigenvalue weighted by molar-refractivity contribution is 5.40. The summed E-state index contributed by atoms with van der Waals surface area (Å²) in [5, 5.41) is 3.48. The van der Waals surface area contributed by atoms with Crippen molar-refractivity contribution in [2.24, 2.45) is 0 Å². The standard InChI is InChI=1S/C16H27N3O/c1-5-14-12-19(8-9-20-14)15-7-6-13(10-17-15)11-18-16(2,3)4/h6-7,10,14,18H,5,8-9,11-12H2,1-4H3. The molecule has 1 aromatic heterocycles. The first-order chi connectivity index (χ1) is 9.48. The van der Waals surface area contributed by atoms with Crippen LogP contribution in [0, 0.1) is 0 Å². The second kappa shape index (κ2) is 6.55. The van der Waals surface area contributed by atoms with Crippen LogP contribution in [0.4, 0.5) is 5.82 Å². The number of aromatic nitrogens is 1. The van der Waals surface area contributed by atoms with Crippen LogP contribution in [0.15, 0.2) is 18.3 Å². The Balaban J connectivity index is 1.94. The van der Waals surface area contributed by atoms with Crippen LogP contribution in [0.1, 0.15) is 39.7 Å². The van der Waals surface area contributed by atoms with Crippen LogP contribution in [0.3, 0.4) is 0 Å². The van der Waals surface area contributed by atoms with E-state index in [-0.39, 0.29) is 5.54 Å². The number of hydrogen-bond acceptors (Lipinski definition) is 4. The fraction of sp³-hybridized carbons (Fsp3) is 0.688. The molecule has 1 N–H and O–H groups in total. The van der Waals surface area contributed by atoms with E-state index in [4.69, 9.17) is 4.74 Å². The van der Waals surface area contributed by atoms with Crippen LogP contribution >= 0.6 is 0 Å². The Morgan fingerprint density at radius 2 is 2.20 bits per heavy atom. The molecule has 4 heteroatoms. The maximum Gasteiger partial charge on any atom is 0.128 e. The maximum absolute atomic E-state index is 5.70. The van der Waals surface area contributed by atoms with Crippen LogP contribution in [0.5, 0.6) is 0 Å². The molecule has 112 valence electrons. The van der Waals surface area contributed by atoms with Crippen molar-refractivity contribution in [3.63, 3.8) is 0 Å². The summed E-state index contributed by atoms with van der Waals surface area (Å²) in [5.41, 5.74) is 1.36. The second-order valence-corrected chi connectivity index (χ2v) is 6.48. The molecule has 20 heavy (non-hydrogen) atoms. The minimum absolute atomic E-state index is 0.136. The monoisotopic (exact) mass is 277 g/mol. The maximum atomic E-state index is 5.70. The van der Waals surface area contributed by atoms with Gasteiger partial charge < -0.3 is 15.0 Å². The summed E-state index contributed by atoms with van der Waals surface area (Å²) in [7, 11) is 0. The van der Waals surface area contributed by atoms with Gasteiger partial charge in [-0.05, 0) is 38.8 Å². The van der Waals surface area contributed by atoms with Crippen molar-refractivity contribution in [3.8, 4) is 0 Å². The number of pyridine rings is 1. The Labute approximate surface area is 122 Å². The average Bonchev–Trinajstić information content (AvgIpc) is 2.45. The number of rotatable bonds is 4. The molecule has 0 aromatic carbocycles. The molecule has 0 aliphatic carbocycles. The van der Waals surface area contributed by atoms with E-state index in [9.17, 15) is 0 Å². The van der Waals surface area contributed by atoms with Crippen molar-refractivity contribution in [2.45, 2.75) is 52.3 Å². The molecule has 1 fully saturated rings. The number of ether oxygens (including phenoxy) is 1. The third kappa shape index (κ3) is 4.46. The van der Waals surface area contributed by atoms with Crippen molar-refractivity contribution >= 4 is 5.82 Å². The number of nitrogens with zero attached hydrogens (tertiary/aromatic N) is 2. The van der Waals surface area contributed by atoms with Gasteiger partial charge in [0.1, 0.15) is 5.82 Å². The lowest BCUT2D eigenvalue weighted by atomic mass is 10.1. The van der Waals surface area contributed by atoms with Gasteiger partial charge in [0.25, 0.3) is 0 Å². The summed E-state index contributed by atoms with van der Waals surface area (Å²) >= 11 is 0. The molecule has 2 heterocycles. The molecule has 1 aliphatic rings. The Morgan fingerprint density at radius 3 is 2.80 bits per heavy atom. The van der Waals surface area contributed by atoms with Gasteiger partial charge in [0.05, 0.1) is 12.7 Å². The second-order valence-electron chi connectivity index (χ2n) is 6.48. The summed E-state index contributed by atoms with van der Waals surface area (Å²) in [5.74, 6) is 1.06. The van der Waals surface area contributed by atoms with Crippen LogP contribution in [0.25, 0.3) is 0 Å². The summed E-state index contributed by atoms with van der Waals surface area (Å²) in [4.78, 5) is 6.92. The van der Waals surface area contributed by atoms with E-state index < -0.39 is 0 Å². The lowest BCUT2D eigenvalue weighted by molar-refractivity contribution is 0.0381. The Kier molecular flexibility index (Phi) is 5.00. The molecule has 0 bridgehead atoms. The number of nitrogens with one attached hydrogen (secondary N) is 1. The highest BCUT2D eigenvalue weighted by atomic mass is 16.5. The lowest BCUT2D eigenvalue weighted by Gasteiger charge is -2.33. The summed E-state index contributed by atoms with van der Waals surface area (Å²) < 4.78 is 5.70. The zero-order chi connectivity index (χ0) is 14.6. The minimum Gasteiger partial charge on any atom is -0.375 e. The molecule has 0 amide bonds. The molecule has 1 aliphatic heterocycles. The molecule has 1 saturated heterocycles. The smallest absolute Gasteiger partial charge is 0.128 e. The van der Waals surface area contributed by atoms with Crippen molar-refractivity contribution in [3.05, 3.63) is 23.9 Å². The average molecular weight is 277 g/mol. The van der Waals surface area contributed by atoms with Crippen LogP contribution < -0.4 is 10.2 Å². The van der Waals surface area contributed by atoms with Gasteiger partial charge in [-0.3, -0.25) is 0 Å². The lowest BCUT2D eigenvalue weighted by Crippen LogP contribution is -2.42. The first kappa shape index (κ1) is 15.3. The van der Waals surface area contributed by atoms with Crippen LogP contribution in [0.2, 0.25) is 0 Å². The van der Waals surface area contributed by atoms with E-state index >= 15 is 0 Å². The molecule has 1 aromatic rings. The third-order valence-corrected chi connectivity index (χ3v) is 3.55. The number of anilines is 1. The fourth-order valence-electron chi connectivity index (χ4n) is 2.25. The van der Waals surface area contributed by atoms with Gasteiger partial charge in [-0.2, -0.15) is 0 Å². The van der Waals surface area contributed by atoms with E-state index in [1.54, 1.807) is 0 Å². The molecule has 4 nitrogen and oxygen atoms in total. The molecule has 0 radical (unpaired) electrons. The summed E-state index contributed by atoms with van der Waals surface area (Å²) in [6.45, 7) is 12.2. The number of hydrogen-bond donors (Lipinski definition) is 1. The van der Waals surface area contributed by atoms with Gasteiger partial charge in [0, 0.05) is 31.4 Å². The van der Waals surface area contributed by atoms with Crippen molar-refractivity contribution in [1.82, 2.24) is 10.3 Å². The Morgan fingerprint density at radius 1 is 1.40 bits per heavy atom. The topological polar surface area (TPSA) is 37.4 Å². The van der Waals surface area contributed by atoms with Crippen molar-refractivity contribution < 1.29 is 4.74 Å². The highest BCUT2D eigenvalue weighted by Crippen LogP contribution is 2.17. The molecule has 2 rings (SSSR count). The van der Waals surface area contributed by atoms with Gasteiger partial charge in [0.2, 0.25) is 0 Å². The predicted molar refractivity (Wildman–Crippen MR) is 83.1 cm³/mol. The van der Waals surface area contributed by atoms with Gasteiger partial charge in [-0.1, -0.05) is 13.0 Å². The van der Waals surface area contributed by atoms with Gasteiger partial charge in [-0.25, -0.2) is 4.98 Å². The molecule has 1 atom stereocenters. The molecule has 1 unspecified atom stereocenters. The van der Waals surface area contributed by atoms with E-state index in [0.717, 1.165) is 38.5 Å². The van der Waals surface area contributed by atoms with Crippen LogP contribution in [-0.4, -0.2) is 36.3 Å². The van der Waals surface area contributed by atoms with Crippen molar-refractivity contribution in [2.75, 3.05) is 24.6 Å². The van der Waals surface area contributed by atoms with Gasteiger partial charge in [0.15, 0.2) is 0 Å². The molecular weight excluding hydrogens is 250 g/mol. The Bertz CT molecular complexity index is 411. The first-order valence-corrected chi connectivity index (χ1v) is 7.54. The molecule has 0 spiro atoms. The first-order valence-electron chi connectivity index (χ1n) is 7.54. The fourth-order valence-corrected chi connectivity index (χ4v) is 2.25. The summed E-state index contributed by atoms with van der Waals surface area (Å²) in [6.07, 6.45) is 3.38. The van der Waals surface area contributed by atoms with E-state index in [0.29, 0.717) is 6.10 Å². The zero-order valence-electron chi connectivity index (χ0n) is 13.1. The zero-order valence-corrected chi connectivity index (χ0v) is 13.1. The SMILES string of the molecule is CCC1CN(c2ccc(CNC(C)(C)C)cn2)CCO1. The van der Waals surface area contributed by atoms with Gasteiger partial charge >= 0.3 is 0 Å². The van der Waals surface area contributed by atoms with E-state index in [1.807, 2.05) is 6.20 Å². The quantitative estimate of drug-likeness (QED) is 0.918. The third-order valence-electron chi connectivity index (χ3n) is 3.55.